The molecule has 2 N–H and O–H groups in total. The summed E-state index contributed by atoms with van der Waals surface area (Å²) in [7, 11) is 0. The van der Waals surface area contributed by atoms with Crippen molar-refractivity contribution >= 4 is 43.8 Å². The largest absolute Gasteiger partial charge is 0.505 e. The molecule has 6 heteroatoms. The van der Waals surface area contributed by atoms with Gasteiger partial charge in [0.1, 0.15) is 11.4 Å². The van der Waals surface area contributed by atoms with Crippen molar-refractivity contribution in [2.45, 2.75) is 20.8 Å². The number of nitrogens with zero attached hydrogens (tertiary/aromatic N) is 1. The lowest BCUT2D eigenvalue weighted by Crippen LogP contribution is -1.96. The molecule has 122 valence electrons. The van der Waals surface area contributed by atoms with E-state index >= 15 is 0 Å². The molecule has 23 heavy (non-hydrogen) atoms. The van der Waals surface area contributed by atoms with E-state index in [2.05, 4.69) is 36.9 Å². The van der Waals surface area contributed by atoms with Crippen molar-refractivity contribution in [1.29, 1.82) is 0 Å². The molecule has 0 fully saturated rings. The minimum Gasteiger partial charge on any atom is -0.505 e. The van der Waals surface area contributed by atoms with Gasteiger partial charge in [-0.1, -0.05) is 6.07 Å². The van der Waals surface area contributed by atoms with Gasteiger partial charge in [0.15, 0.2) is 11.5 Å². The highest BCUT2D eigenvalue weighted by molar-refractivity contribution is 9.13. The average Bonchev–Trinajstić information content (AvgIpc) is 2.49. The van der Waals surface area contributed by atoms with Gasteiger partial charge in [0, 0.05) is 15.2 Å². The molecule has 0 heterocycles. The maximum Gasteiger partial charge on any atom is 0.167 e. The number of aryl methyl sites for hydroxylation is 2. The maximum absolute atomic E-state index is 10.4. The molecule has 0 saturated carbocycles. The number of aromatic hydroxyl groups is 2. The average molecular weight is 443 g/mol. The number of aliphatic imine (C=N–C) groups is 1. The molecule has 0 atom stereocenters. The second-order valence-corrected chi connectivity index (χ2v) is 6.72. The molecule has 0 aliphatic rings. The van der Waals surface area contributed by atoms with Crippen LogP contribution in [0.25, 0.3) is 0 Å². The molecule has 0 amide bonds. The first kappa shape index (κ1) is 17.8. The Hall–Kier alpha value is -1.53. The molecule has 0 spiro atoms. The highest BCUT2D eigenvalue weighted by Crippen LogP contribution is 2.40. The van der Waals surface area contributed by atoms with E-state index in [1.807, 2.05) is 26.8 Å². The van der Waals surface area contributed by atoms with Gasteiger partial charge in [-0.15, -0.1) is 0 Å². The minimum absolute atomic E-state index is 0.00506. The SMILES string of the molecule is CCOc1cc(Br)c(Br)c(C=Nc2cc(C)cc(C)c2O)c1O. The smallest absolute Gasteiger partial charge is 0.167 e. The molecule has 0 unspecified atom stereocenters. The highest BCUT2D eigenvalue weighted by atomic mass is 79.9. The standard InChI is InChI=1S/C17H17Br2NO3/c1-4-23-14-7-12(18)15(19)11(17(14)22)8-20-13-6-9(2)5-10(3)16(13)21/h5-8,21-22H,4H2,1-3H3. The van der Waals surface area contributed by atoms with Crippen LogP contribution in [-0.2, 0) is 0 Å². The summed E-state index contributed by atoms with van der Waals surface area (Å²) in [6.07, 6.45) is 1.50. The van der Waals surface area contributed by atoms with Gasteiger partial charge in [0.25, 0.3) is 0 Å². The summed E-state index contributed by atoms with van der Waals surface area (Å²) in [4.78, 5) is 4.32. The lowest BCUT2D eigenvalue weighted by atomic mass is 10.1. The number of hydrogen-bond donors (Lipinski definition) is 2. The molecular weight excluding hydrogens is 426 g/mol. The zero-order chi connectivity index (χ0) is 17.1. The molecule has 0 aromatic heterocycles. The topological polar surface area (TPSA) is 62.0 Å². The Morgan fingerprint density at radius 3 is 2.48 bits per heavy atom. The Labute approximate surface area is 152 Å². The molecule has 2 aromatic carbocycles. The number of phenolic OH excluding ortho intramolecular Hbond substituents is 2. The van der Waals surface area contributed by atoms with Gasteiger partial charge in [-0.2, -0.15) is 0 Å². The van der Waals surface area contributed by atoms with Gasteiger partial charge in [-0.05, 0) is 75.9 Å². The normalized spacial score (nSPS) is 11.2. The summed E-state index contributed by atoms with van der Waals surface area (Å²) in [5.74, 6) is 0.491. The van der Waals surface area contributed by atoms with Crippen molar-refractivity contribution in [1.82, 2.24) is 0 Å². The van der Waals surface area contributed by atoms with Crippen molar-refractivity contribution in [3.63, 3.8) is 0 Å². The number of halogens is 2. The summed E-state index contributed by atoms with van der Waals surface area (Å²) < 4.78 is 6.81. The molecule has 0 saturated heterocycles. The van der Waals surface area contributed by atoms with E-state index in [0.717, 1.165) is 15.6 Å². The van der Waals surface area contributed by atoms with Gasteiger partial charge in [0.2, 0.25) is 0 Å². The van der Waals surface area contributed by atoms with Crippen LogP contribution in [0.3, 0.4) is 0 Å². The molecule has 2 rings (SSSR count). The number of phenols is 2. The second-order valence-electron chi connectivity index (χ2n) is 5.07. The highest BCUT2D eigenvalue weighted by Gasteiger charge is 2.15. The van der Waals surface area contributed by atoms with E-state index in [-0.39, 0.29) is 11.5 Å². The van der Waals surface area contributed by atoms with Gasteiger partial charge in [-0.25, -0.2) is 0 Å². The van der Waals surface area contributed by atoms with E-state index in [0.29, 0.717) is 28.1 Å². The van der Waals surface area contributed by atoms with E-state index in [1.165, 1.54) is 6.21 Å². The number of benzene rings is 2. The first-order chi connectivity index (χ1) is 10.8. The third-order valence-electron chi connectivity index (χ3n) is 3.25. The van der Waals surface area contributed by atoms with E-state index in [4.69, 9.17) is 4.74 Å². The van der Waals surface area contributed by atoms with Crippen molar-refractivity contribution in [2.75, 3.05) is 6.61 Å². The first-order valence-corrected chi connectivity index (χ1v) is 8.61. The fourth-order valence-electron chi connectivity index (χ4n) is 2.17. The first-order valence-electron chi connectivity index (χ1n) is 7.03. The number of rotatable bonds is 4. The van der Waals surface area contributed by atoms with Gasteiger partial charge >= 0.3 is 0 Å². The zero-order valence-electron chi connectivity index (χ0n) is 13.0. The van der Waals surface area contributed by atoms with Gasteiger partial charge in [-0.3, -0.25) is 4.99 Å². The minimum atomic E-state index is -0.00506. The molecule has 0 radical (unpaired) electrons. The molecule has 2 aromatic rings. The van der Waals surface area contributed by atoms with E-state index in [9.17, 15) is 10.2 Å². The Balaban J connectivity index is 2.52. The van der Waals surface area contributed by atoms with E-state index < -0.39 is 0 Å². The van der Waals surface area contributed by atoms with Crippen molar-refractivity contribution < 1.29 is 14.9 Å². The van der Waals surface area contributed by atoms with Crippen LogP contribution in [0.4, 0.5) is 5.69 Å². The third kappa shape index (κ3) is 3.87. The van der Waals surface area contributed by atoms with Crippen molar-refractivity contribution in [3.05, 3.63) is 43.8 Å². The Kier molecular flexibility index (Phi) is 5.70. The summed E-state index contributed by atoms with van der Waals surface area (Å²) in [5.41, 5.74) is 2.68. The Bertz CT molecular complexity index is 773. The molecular formula is C17H17Br2NO3. The van der Waals surface area contributed by atoms with Crippen LogP contribution < -0.4 is 4.74 Å². The molecule has 0 bridgehead atoms. The number of ether oxygens (including phenoxy) is 1. The third-order valence-corrected chi connectivity index (χ3v) is 5.26. The van der Waals surface area contributed by atoms with E-state index in [1.54, 1.807) is 12.1 Å². The van der Waals surface area contributed by atoms with Gasteiger partial charge < -0.3 is 14.9 Å². The number of hydrogen-bond acceptors (Lipinski definition) is 4. The van der Waals surface area contributed by atoms with Crippen LogP contribution in [0, 0.1) is 13.8 Å². The summed E-state index contributed by atoms with van der Waals surface area (Å²) in [5, 5.41) is 20.5. The van der Waals surface area contributed by atoms with Crippen LogP contribution >= 0.6 is 31.9 Å². The fourth-order valence-corrected chi connectivity index (χ4v) is 2.99. The predicted octanol–water partition coefficient (Wildman–Crippen LogP) is 5.39. The second kappa shape index (κ2) is 7.36. The van der Waals surface area contributed by atoms with Crippen molar-refractivity contribution in [2.24, 2.45) is 4.99 Å². The monoisotopic (exact) mass is 441 g/mol. The van der Waals surface area contributed by atoms with Crippen LogP contribution in [-0.4, -0.2) is 23.0 Å². The quantitative estimate of drug-likeness (QED) is 0.624. The zero-order valence-corrected chi connectivity index (χ0v) is 16.2. The lowest BCUT2D eigenvalue weighted by molar-refractivity contribution is 0.317. The molecule has 0 aliphatic carbocycles. The molecule has 0 aliphatic heterocycles. The summed E-state index contributed by atoms with van der Waals surface area (Å²) in [6.45, 7) is 6.04. The lowest BCUT2D eigenvalue weighted by Gasteiger charge is -2.11. The van der Waals surface area contributed by atoms with Crippen LogP contribution in [0.1, 0.15) is 23.6 Å². The molecule has 4 nitrogen and oxygen atoms in total. The summed E-state index contributed by atoms with van der Waals surface area (Å²) >= 11 is 6.84. The van der Waals surface area contributed by atoms with Crippen LogP contribution in [0.2, 0.25) is 0 Å². The maximum atomic E-state index is 10.4. The summed E-state index contributed by atoms with van der Waals surface area (Å²) in [6, 6.07) is 5.35. The Morgan fingerprint density at radius 2 is 1.83 bits per heavy atom. The van der Waals surface area contributed by atoms with Crippen molar-refractivity contribution in [3.8, 4) is 17.2 Å². The fraction of sp³-hybridized carbons (Fsp3) is 0.235. The van der Waals surface area contributed by atoms with Crippen LogP contribution in [0.5, 0.6) is 17.2 Å². The predicted molar refractivity (Wildman–Crippen MR) is 99.5 cm³/mol. The van der Waals surface area contributed by atoms with Gasteiger partial charge in [0.05, 0.1) is 12.2 Å². The Morgan fingerprint density at radius 1 is 1.13 bits per heavy atom. The van der Waals surface area contributed by atoms with Crippen LogP contribution in [0.15, 0.2) is 32.1 Å².